The first-order valence-corrected chi connectivity index (χ1v) is 9.60. The molecule has 3 heterocycles. The quantitative estimate of drug-likeness (QED) is 0.746. The number of aromatic nitrogens is 3. The van der Waals surface area contributed by atoms with Crippen LogP contribution >= 0.6 is 0 Å². The molecule has 2 fully saturated rings. The van der Waals surface area contributed by atoms with Gasteiger partial charge in [-0.15, -0.1) is 0 Å². The maximum absolute atomic E-state index is 12.9. The average molecular weight is 396 g/mol. The summed E-state index contributed by atoms with van der Waals surface area (Å²) in [6.45, 7) is 3.32. The Morgan fingerprint density at radius 1 is 1.21 bits per heavy atom. The van der Waals surface area contributed by atoms with Crippen LogP contribution in [0.2, 0.25) is 0 Å². The van der Waals surface area contributed by atoms with E-state index in [9.17, 15) is 18.0 Å². The van der Waals surface area contributed by atoms with Gasteiger partial charge in [0.1, 0.15) is 6.10 Å². The van der Waals surface area contributed by atoms with Gasteiger partial charge < -0.3 is 9.64 Å². The number of hydrogen-bond acceptors (Lipinski definition) is 4. The summed E-state index contributed by atoms with van der Waals surface area (Å²) < 4.78 is 46.4. The van der Waals surface area contributed by atoms with Crippen molar-refractivity contribution in [2.45, 2.75) is 50.8 Å². The second kappa shape index (κ2) is 7.35. The molecule has 28 heavy (non-hydrogen) atoms. The van der Waals surface area contributed by atoms with Gasteiger partial charge in [0.15, 0.2) is 5.65 Å². The zero-order valence-corrected chi connectivity index (χ0v) is 15.7. The molecule has 1 aliphatic carbocycles. The highest BCUT2D eigenvalue weighted by molar-refractivity contribution is 5.48. The number of morpholine rings is 1. The molecule has 2 aliphatic rings. The minimum absolute atomic E-state index is 0.00667. The smallest absolute Gasteiger partial charge is 0.368 e. The van der Waals surface area contributed by atoms with Crippen molar-refractivity contribution in [1.82, 2.24) is 19.5 Å². The first kappa shape index (κ1) is 19.2. The van der Waals surface area contributed by atoms with Crippen LogP contribution in [0, 0.1) is 12.8 Å². The van der Waals surface area contributed by atoms with Crippen LogP contribution in [-0.4, -0.2) is 51.8 Å². The molecule has 1 saturated carbocycles. The first-order chi connectivity index (χ1) is 13.3. The predicted molar refractivity (Wildman–Crippen MR) is 94.8 cm³/mol. The lowest BCUT2D eigenvalue weighted by Gasteiger charge is -2.30. The highest BCUT2D eigenvalue weighted by Crippen LogP contribution is 2.42. The van der Waals surface area contributed by atoms with Crippen molar-refractivity contribution in [3.8, 4) is 0 Å². The van der Waals surface area contributed by atoms with Crippen LogP contribution in [0.4, 0.5) is 13.2 Å². The molecule has 2 aromatic rings. The molecule has 1 amide bonds. The molecule has 1 aliphatic heterocycles. The van der Waals surface area contributed by atoms with Gasteiger partial charge in [-0.1, -0.05) is 0 Å². The van der Waals surface area contributed by atoms with Crippen molar-refractivity contribution < 1.29 is 22.7 Å². The van der Waals surface area contributed by atoms with E-state index in [1.54, 1.807) is 9.42 Å². The summed E-state index contributed by atoms with van der Waals surface area (Å²) in [7, 11) is 0. The Morgan fingerprint density at radius 2 is 1.96 bits per heavy atom. The molecule has 152 valence electrons. The number of hydrogen-bond donors (Lipinski definition) is 0. The van der Waals surface area contributed by atoms with E-state index in [1.165, 1.54) is 0 Å². The summed E-state index contributed by atoms with van der Waals surface area (Å²) >= 11 is 0. The van der Waals surface area contributed by atoms with Gasteiger partial charge in [0.25, 0.3) is 0 Å². The van der Waals surface area contributed by atoms with E-state index in [2.05, 4.69) is 10.1 Å². The van der Waals surface area contributed by atoms with Crippen LogP contribution in [0.1, 0.15) is 54.8 Å². The second-order valence-electron chi connectivity index (χ2n) is 7.71. The molecule has 6 nitrogen and oxygen atoms in total. The Balaban J connectivity index is 1.60. The minimum Gasteiger partial charge on any atom is -0.368 e. The van der Waals surface area contributed by atoms with E-state index in [1.807, 2.05) is 19.1 Å². The van der Waals surface area contributed by atoms with Crippen molar-refractivity contribution >= 4 is 12.1 Å². The fourth-order valence-corrected chi connectivity index (χ4v) is 4.24. The topological polar surface area (TPSA) is 59.7 Å². The normalized spacial score (nSPS) is 26.6. The number of fused-ring (bicyclic) bond motifs is 1. The third-order valence-electron chi connectivity index (χ3n) is 5.79. The van der Waals surface area contributed by atoms with E-state index in [-0.39, 0.29) is 24.9 Å². The van der Waals surface area contributed by atoms with Crippen molar-refractivity contribution in [3.63, 3.8) is 0 Å². The van der Waals surface area contributed by atoms with Crippen LogP contribution in [0.25, 0.3) is 5.65 Å². The largest absolute Gasteiger partial charge is 0.391 e. The van der Waals surface area contributed by atoms with E-state index in [0.717, 1.165) is 23.5 Å². The number of alkyl halides is 3. The number of nitrogens with zero attached hydrogens (tertiary/aromatic N) is 4. The lowest BCUT2D eigenvalue weighted by Crippen LogP contribution is -2.38. The molecule has 9 heteroatoms. The summed E-state index contributed by atoms with van der Waals surface area (Å²) in [6.07, 6.45) is -2.38. The summed E-state index contributed by atoms with van der Waals surface area (Å²) in [5.41, 5.74) is 3.06. The molecule has 0 spiro atoms. The molecule has 0 N–H and O–H groups in total. The lowest BCUT2D eigenvalue weighted by molar-refractivity contribution is -0.182. The SMILES string of the molecule is Cc1cc([C@H]2CN(C=O)CCO2)n2nc(C3CCC(C(F)(F)F)CC3)cc2n1. The van der Waals surface area contributed by atoms with Crippen LogP contribution in [0.15, 0.2) is 12.1 Å². The second-order valence-corrected chi connectivity index (χ2v) is 7.71. The number of aryl methyl sites for hydroxylation is 1. The number of amides is 1. The maximum Gasteiger partial charge on any atom is 0.391 e. The third kappa shape index (κ3) is 3.72. The fraction of sp³-hybridized carbons (Fsp3) is 0.632. The number of carbonyl (C=O) groups excluding carboxylic acids is 1. The Bertz CT molecular complexity index is 859. The van der Waals surface area contributed by atoms with Gasteiger partial charge in [0.2, 0.25) is 6.41 Å². The highest BCUT2D eigenvalue weighted by Gasteiger charge is 2.42. The summed E-state index contributed by atoms with van der Waals surface area (Å²) in [5.74, 6) is -1.20. The fourth-order valence-electron chi connectivity index (χ4n) is 4.24. The van der Waals surface area contributed by atoms with E-state index >= 15 is 0 Å². The molecule has 4 rings (SSSR count). The molecule has 2 aromatic heterocycles. The monoisotopic (exact) mass is 396 g/mol. The van der Waals surface area contributed by atoms with E-state index < -0.39 is 12.1 Å². The first-order valence-electron chi connectivity index (χ1n) is 9.60. The van der Waals surface area contributed by atoms with E-state index in [4.69, 9.17) is 4.74 Å². The molecular formula is C19H23F3N4O2. The van der Waals surface area contributed by atoms with Crippen molar-refractivity contribution in [2.24, 2.45) is 5.92 Å². The third-order valence-corrected chi connectivity index (χ3v) is 5.79. The Labute approximate surface area is 160 Å². The maximum atomic E-state index is 12.9. The van der Waals surface area contributed by atoms with Gasteiger partial charge in [0, 0.05) is 24.2 Å². The van der Waals surface area contributed by atoms with Gasteiger partial charge in [-0.25, -0.2) is 9.50 Å². The number of ether oxygens (including phenoxy) is 1. The van der Waals surface area contributed by atoms with Crippen molar-refractivity contribution in [1.29, 1.82) is 0 Å². The molecule has 0 aromatic carbocycles. The average Bonchev–Trinajstić information content (AvgIpc) is 3.10. The minimum atomic E-state index is -4.11. The zero-order valence-electron chi connectivity index (χ0n) is 15.7. The van der Waals surface area contributed by atoms with Crippen LogP contribution < -0.4 is 0 Å². The molecule has 1 atom stereocenters. The number of rotatable bonds is 3. The van der Waals surface area contributed by atoms with Crippen molar-refractivity contribution in [2.75, 3.05) is 19.7 Å². The van der Waals surface area contributed by atoms with Crippen LogP contribution in [-0.2, 0) is 9.53 Å². The van der Waals surface area contributed by atoms with Gasteiger partial charge >= 0.3 is 6.18 Å². The van der Waals surface area contributed by atoms with Gasteiger partial charge in [-0.05, 0) is 38.7 Å². The molecular weight excluding hydrogens is 373 g/mol. The van der Waals surface area contributed by atoms with E-state index in [0.29, 0.717) is 38.2 Å². The van der Waals surface area contributed by atoms with Crippen LogP contribution in [0.3, 0.4) is 0 Å². The Kier molecular flexibility index (Phi) is 5.03. The lowest BCUT2D eigenvalue weighted by atomic mass is 9.80. The molecule has 1 saturated heterocycles. The summed E-state index contributed by atoms with van der Waals surface area (Å²) in [5, 5.41) is 4.68. The summed E-state index contributed by atoms with van der Waals surface area (Å²) in [4.78, 5) is 17.3. The van der Waals surface area contributed by atoms with Crippen molar-refractivity contribution in [3.05, 3.63) is 29.2 Å². The molecule has 0 unspecified atom stereocenters. The summed E-state index contributed by atoms with van der Waals surface area (Å²) in [6, 6.07) is 3.76. The molecule has 0 bridgehead atoms. The molecule has 0 radical (unpaired) electrons. The Hall–Kier alpha value is -2.16. The van der Waals surface area contributed by atoms with Gasteiger partial charge in [0.05, 0.1) is 30.5 Å². The zero-order chi connectivity index (χ0) is 19.9. The van der Waals surface area contributed by atoms with Gasteiger partial charge in [-0.2, -0.15) is 18.3 Å². The van der Waals surface area contributed by atoms with Gasteiger partial charge in [-0.3, -0.25) is 4.79 Å². The predicted octanol–water partition coefficient (Wildman–Crippen LogP) is 3.40. The highest BCUT2D eigenvalue weighted by atomic mass is 19.4. The van der Waals surface area contributed by atoms with Crippen LogP contribution in [0.5, 0.6) is 0 Å². The number of halogens is 3. The number of carbonyl (C=O) groups is 1. The standard InChI is InChI=1S/C19H23F3N4O2/c1-12-8-16(17-10-25(11-27)6-7-28-17)26-18(23-12)9-15(24-26)13-2-4-14(5-3-13)19(20,21)22/h8-9,11,13-14,17H,2-7,10H2,1H3/t13?,14?,17-/m1/s1. The Morgan fingerprint density at radius 3 is 2.64 bits per heavy atom.